The van der Waals surface area contributed by atoms with Gasteiger partial charge in [0.05, 0.1) is 5.56 Å². The number of anilines is 3. The summed E-state index contributed by atoms with van der Waals surface area (Å²) in [5.74, 6) is 0.898. The molecule has 0 radical (unpaired) electrons. The Hall–Kier alpha value is -2.35. The molecule has 2 rings (SSSR count). The highest BCUT2D eigenvalue weighted by molar-refractivity contribution is 5.56. The van der Waals surface area contributed by atoms with Crippen molar-refractivity contribution in [3.8, 4) is 0 Å². The molecule has 0 aliphatic carbocycles. The van der Waals surface area contributed by atoms with Crippen molar-refractivity contribution in [1.82, 2.24) is 14.9 Å². The van der Waals surface area contributed by atoms with E-state index in [1.54, 1.807) is 12.1 Å². The van der Waals surface area contributed by atoms with Crippen molar-refractivity contribution >= 4 is 17.5 Å². The average Bonchev–Trinajstić information content (AvgIpc) is 2.50. The normalized spacial score (nSPS) is 11.6. The van der Waals surface area contributed by atoms with Crippen molar-refractivity contribution < 1.29 is 13.2 Å². The molecule has 0 amide bonds. The van der Waals surface area contributed by atoms with E-state index in [1.807, 2.05) is 21.0 Å². The topological polar surface area (TPSA) is 53.1 Å². The van der Waals surface area contributed by atoms with Gasteiger partial charge in [0.25, 0.3) is 0 Å². The molecular formula is C17H22F3N5. The molecule has 25 heavy (non-hydrogen) atoms. The minimum atomic E-state index is -4.38. The third-order valence-corrected chi connectivity index (χ3v) is 3.39. The number of aromatic nitrogens is 2. The molecule has 0 spiro atoms. The van der Waals surface area contributed by atoms with Crippen molar-refractivity contribution in [2.45, 2.75) is 19.5 Å². The molecule has 1 aromatic heterocycles. The van der Waals surface area contributed by atoms with Gasteiger partial charge in [-0.05, 0) is 52.2 Å². The van der Waals surface area contributed by atoms with Crippen LogP contribution in [0.15, 0.2) is 30.3 Å². The van der Waals surface area contributed by atoms with E-state index in [0.29, 0.717) is 11.5 Å². The van der Waals surface area contributed by atoms with Crippen LogP contribution >= 0.6 is 0 Å². The van der Waals surface area contributed by atoms with E-state index < -0.39 is 11.7 Å². The summed E-state index contributed by atoms with van der Waals surface area (Å²) < 4.78 is 38.4. The third kappa shape index (κ3) is 6.22. The van der Waals surface area contributed by atoms with Crippen LogP contribution < -0.4 is 10.6 Å². The van der Waals surface area contributed by atoms with E-state index in [2.05, 4.69) is 25.5 Å². The predicted molar refractivity (Wildman–Crippen MR) is 93.2 cm³/mol. The maximum absolute atomic E-state index is 12.8. The predicted octanol–water partition coefficient (Wildman–Crippen LogP) is 3.91. The molecule has 0 unspecified atom stereocenters. The van der Waals surface area contributed by atoms with Gasteiger partial charge in [-0.2, -0.15) is 18.2 Å². The molecule has 2 aromatic rings. The van der Waals surface area contributed by atoms with E-state index >= 15 is 0 Å². The van der Waals surface area contributed by atoms with Gasteiger partial charge in [-0.15, -0.1) is 0 Å². The lowest BCUT2D eigenvalue weighted by Gasteiger charge is -2.13. The minimum Gasteiger partial charge on any atom is -0.370 e. The van der Waals surface area contributed by atoms with Crippen molar-refractivity contribution in [2.75, 3.05) is 37.8 Å². The number of benzene rings is 1. The first-order chi connectivity index (χ1) is 11.7. The second-order valence-corrected chi connectivity index (χ2v) is 6.01. The highest BCUT2D eigenvalue weighted by atomic mass is 19.4. The van der Waals surface area contributed by atoms with Crippen LogP contribution in [0.3, 0.4) is 0 Å². The number of hydrogen-bond acceptors (Lipinski definition) is 5. The van der Waals surface area contributed by atoms with Crippen LogP contribution in [0.5, 0.6) is 0 Å². The molecule has 136 valence electrons. The fourth-order valence-corrected chi connectivity index (χ4v) is 2.23. The molecule has 5 nitrogen and oxygen atoms in total. The van der Waals surface area contributed by atoms with E-state index in [1.165, 1.54) is 6.07 Å². The van der Waals surface area contributed by atoms with Gasteiger partial charge in [0.2, 0.25) is 5.95 Å². The molecule has 0 atom stereocenters. The standard InChI is InChI=1S/C17H22F3N5/c1-12-10-15(21-8-5-9-25(2)3)24-16(22-12)23-14-7-4-6-13(11-14)17(18,19)20/h4,6-7,10-11H,5,8-9H2,1-3H3,(H2,21,22,23,24). The maximum atomic E-state index is 12.8. The monoisotopic (exact) mass is 353 g/mol. The average molecular weight is 353 g/mol. The fourth-order valence-electron chi connectivity index (χ4n) is 2.23. The summed E-state index contributed by atoms with van der Waals surface area (Å²) >= 11 is 0. The summed E-state index contributed by atoms with van der Waals surface area (Å²) in [6, 6.07) is 6.76. The highest BCUT2D eigenvalue weighted by Crippen LogP contribution is 2.31. The van der Waals surface area contributed by atoms with Crippen LogP contribution in [-0.4, -0.2) is 42.1 Å². The van der Waals surface area contributed by atoms with Gasteiger partial charge >= 0.3 is 6.18 Å². The van der Waals surface area contributed by atoms with Crippen LogP contribution in [0, 0.1) is 6.92 Å². The van der Waals surface area contributed by atoms with E-state index in [9.17, 15) is 13.2 Å². The molecule has 0 bridgehead atoms. The van der Waals surface area contributed by atoms with Gasteiger partial charge in [0.1, 0.15) is 5.82 Å². The Morgan fingerprint density at radius 1 is 1.12 bits per heavy atom. The Bertz CT molecular complexity index is 701. The number of aryl methyl sites for hydroxylation is 1. The van der Waals surface area contributed by atoms with Crippen LogP contribution in [-0.2, 0) is 6.18 Å². The van der Waals surface area contributed by atoms with Crippen LogP contribution in [0.25, 0.3) is 0 Å². The molecular weight excluding hydrogens is 331 g/mol. The van der Waals surface area contributed by atoms with Gasteiger partial charge < -0.3 is 15.5 Å². The smallest absolute Gasteiger partial charge is 0.370 e. The van der Waals surface area contributed by atoms with Crippen molar-refractivity contribution in [2.24, 2.45) is 0 Å². The Morgan fingerprint density at radius 2 is 1.88 bits per heavy atom. The van der Waals surface area contributed by atoms with Crippen molar-refractivity contribution in [1.29, 1.82) is 0 Å². The summed E-state index contributed by atoms with van der Waals surface area (Å²) in [4.78, 5) is 10.6. The molecule has 0 saturated heterocycles. The first kappa shape index (κ1) is 19.0. The number of alkyl halides is 3. The lowest BCUT2D eigenvalue weighted by Crippen LogP contribution is -2.17. The zero-order valence-corrected chi connectivity index (χ0v) is 14.5. The van der Waals surface area contributed by atoms with E-state index in [-0.39, 0.29) is 5.95 Å². The number of rotatable bonds is 7. The van der Waals surface area contributed by atoms with Gasteiger partial charge in [-0.1, -0.05) is 6.07 Å². The number of nitrogens with zero attached hydrogens (tertiary/aromatic N) is 3. The van der Waals surface area contributed by atoms with Gasteiger partial charge in [-0.3, -0.25) is 0 Å². The van der Waals surface area contributed by atoms with Gasteiger partial charge in [0.15, 0.2) is 0 Å². The van der Waals surface area contributed by atoms with Gasteiger partial charge in [-0.25, -0.2) is 4.98 Å². The fraction of sp³-hybridized carbons (Fsp3) is 0.412. The zero-order chi connectivity index (χ0) is 18.4. The molecule has 0 aliphatic rings. The lowest BCUT2D eigenvalue weighted by molar-refractivity contribution is -0.137. The molecule has 1 aromatic carbocycles. The number of nitrogens with one attached hydrogen (secondary N) is 2. The Labute approximate surface area is 145 Å². The third-order valence-electron chi connectivity index (χ3n) is 3.39. The van der Waals surface area contributed by atoms with Crippen LogP contribution in [0.4, 0.5) is 30.6 Å². The SMILES string of the molecule is Cc1cc(NCCCN(C)C)nc(Nc2cccc(C(F)(F)F)c2)n1. The zero-order valence-electron chi connectivity index (χ0n) is 14.5. The Morgan fingerprint density at radius 3 is 2.56 bits per heavy atom. The van der Waals surface area contributed by atoms with E-state index in [0.717, 1.165) is 37.3 Å². The summed E-state index contributed by atoms with van der Waals surface area (Å²) in [6.45, 7) is 3.51. The van der Waals surface area contributed by atoms with Crippen LogP contribution in [0.2, 0.25) is 0 Å². The summed E-state index contributed by atoms with van der Waals surface area (Å²) in [7, 11) is 4.01. The van der Waals surface area contributed by atoms with Crippen molar-refractivity contribution in [3.63, 3.8) is 0 Å². The minimum absolute atomic E-state index is 0.259. The second kappa shape index (κ2) is 8.15. The van der Waals surface area contributed by atoms with Crippen LogP contribution in [0.1, 0.15) is 17.7 Å². The maximum Gasteiger partial charge on any atom is 0.416 e. The molecule has 2 N–H and O–H groups in total. The van der Waals surface area contributed by atoms with Gasteiger partial charge in [0, 0.05) is 24.0 Å². The molecule has 0 saturated carbocycles. The summed E-state index contributed by atoms with van der Waals surface area (Å²) in [6.07, 6.45) is -3.43. The molecule has 0 aliphatic heterocycles. The summed E-state index contributed by atoms with van der Waals surface area (Å²) in [5, 5.41) is 6.04. The largest absolute Gasteiger partial charge is 0.416 e. The second-order valence-electron chi connectivity index (χ2n) is 6.01. The number of halogens is 3. The van der Waals surface area contributed by atoms with E-state index in [4.69, 9.17) is 0 Å². The Balaban J connectivity index is 2.07. The quantitative estimate of drug-likeness (QED) is 0.739. The lowest BCUT2D eigenvalue weighted by atomic mass is 10.2. The first-order valence-electron chi connectivity index (χ1n) is 7.92. The first-order valence-corrected chi connectivity index (χ1v) is 7.92. The Kier molecular flexibility index (Phi) is 6.19. The number of hydrogen-bond donors (Lipinski definition) is 2. The molecule has 8 heteroatoms. The van der Waals surface area contributed by atoms with Crippen molar-refractivity contribution in [3.05, 3.63) is 41.6 Å². The summed E-state index contributed by atoms with van der Waals surface area (Å²) in [5.41, 5.74) is 0.297. The molecule has 0 fully saturated rings. The molecule has 1 heterocycles. The highest BCUT2D eigenvalue weighted by Gasteiger charge is 2.30.